The molecule has 0 radical (unpaired) electrons. The van der Waals surface area contributed by atoms with Crippen LogP contribution in [0.15, 0.2) is 0 Å². The van der Waals surface area contributed by atoms with Crippen molar-refractivity contribution in [2.45, 2.75) is 105 Å². The molecule has 0 aliphatic carbocycles. The molecule has 0 aliphatic heterocycles. The van der Waals surface area contributed by atoms with Crippen molar-refractivity contribution in [3.8, 4) is 0 Å². The second-order valence-corrected chi connectivity index (χ2v) is 8.30. The Morgan fingerprint density at radius 3 is 1.37 bits per heavy atom. The van der Waals surface area contributed by atoms with Crippen LogP contribution in [0, 0.1) is 11.8 Å². The molecule has 0 aliphatic rings. The highest BCUT2D eigenvalue weighted by atomic mass is 16.6. The topological polar surface area (TPSA) is 76.7 Å². The molecule has 2 N–H and O–H groups in total. The lowest BCUT2D eigenvalue weighted by atomic mass is 10.0. The Bertz CT molecular complexity index is 380. The van der Waals surface area contributed by atoms with Crippen LogP contribution in [-0.4, -0.2) is 38.5 Å². The van der Waals surface area contributed by atoms with Gasteiger partial charge in [-0.25, -0.2) is 9.59 Å². The lowest BCUT2D eigenvalue weighted by Gasteiger charge is -2.15. The zero-order valence-electron chi connectivity index (χ0n) is 20.1. The lowest BCUT2D eigenvalue weighted by molar-refractivity contribution is 0.121. The summed E-state index contributed by atoms with van der Waals surface area (Å²) in [6.45, 7) is 10.9. The van der Waals surface area contributed by atoms with Crippen LogP contribution >= 0.6 is 0 Å². The monoisotopic (exact) mass is 428 g/mol. The third kappa shape index (κ3) is 17.4. The maximum Gasteiger partial charge on any atom is 0.407 e. The average molecular weight is 429 g/mol. The first-order valence-corrected chi connectivity index (χ1v) is 12.4. The van der Waals surface area contributed by atoms with Crippen molar-refractivity contribution in [2.24, 2.45) is 11.8 Å². The quantitative estimate of drug-likeness (QED) is 0.232. The molecule has 0 heterocycles. The van der Waals surface area contributed by atoms with Gasteiger partial charge in [0.25, 0.3) is 0 Å². The highest BCUT2D eigenvalue weighted by Gasteiger charge is 2.10. The van der Waals surface area contributed by atoms with E-state index in [4.69, 9.17) is 9.47 Å². The van der Waals surface area contributed by atoms with E-state index in [-0.39, 0.29) is 12.2 Å². The number of hydrogen-bond donors (Lipinski definition) is 2. The molecule has 0 fully saturated rings. The van der Waals surface area contributed by atoms with Crippen molar-refractivity contribution in [1.29, 1.82) is 0 Å². The van der Waals surface area contributed by atoms with E-state index in [1.165, 1.54) is 25.7 Å². The first-order chi connectivity index (χ1) is 14.6. The minimum absolute atomic E-state index is 0.307. The summed E-state index contributed by atoms with van der Waals surface area (Å²) in [7, 11) is 0. The van der Waals surface area contributed by atoms with Crippen LogP contribution < -0.4 is 10.6 Å². The summed E-state index contributed by atoms with van der Waals surface area (Å²) in [5.74, 6) is 0.943. The zero-order valence-corrected chi connectivity index (χ0v) is 20.1. The van der Waals surface area contributed by atoms with Crippen LogP contribution in [0.3, 0.4) is 0 Å². The molecule has 2 atom stereocenters. The van der Waals surface area contributed by atoms with Gasteiger partial charge < -0.3 is 20.1 Å². The molecular weight excluding hydrogens is 380 g/mol. The molecule has 30 heavy (non-hydrogen) atoms. The number of unbranched alkanes of at least 4 members (excludes halogenated alkanes) is 5. The van der Waals surface area contributed by atoms with Gasteiger partial charge in [-0.2, -0.15) is 0 Å². The molecular formula is C24H48N2O4. The molecule has 2 unspecified atom stereocenters. The smallest absolute Gasteiger partial charge is 0.407 e. The largest absolute Gasteiger partial charge is 0.449 e. The van der Waals surface area contributed by atoms with Crippen molar-refractivity contribution in [3.05, 3.63) is 0 Å². The molecule has 0 rings (SSSR count). The number of rotatable bonds is 19. The molecule has 2 amide bonds. The minimum Gasteiger partial charge on any atom is -0.449 e. The van der Waals surface area contributed by atoms with Crippen molar-refractivity contribution in [2.75, 3.05) is 26.3 Å². The molecule has 6 heteroatoms. The van der Waals surface area contributed by atoms with Crippen molar-refractivity contribution in [1.82, 2.24) is 10.6 Å². The summed E-state index contributed by atoms with van der Waals surface area (Å²) in [4.78, 5) is 23.5. The number of amides is 2. The molecule has 0 aromatic carbocycles. The third-order valence-corrected chi connectivity index (χ3v) is 5.63. The Kier molecular flexibility index (Phi) is 19.8. The van der Waals surface area contributed by atoms with Gasteiger partial charge >= 0.3 is 12.2 Å². The number of ether oxygens (including phenoxy) is 2. The normalized spacial score (nSPS) is 12.8. The summed E-state index contributed by atoms with van der Waals surface area (Å²) < 4.78 is 10.6. The SMILES string of the molecule is CCCCC(CC)COC(=O)NCCCCCCNC(=O)OCC(CC)CCCC. The van der Waals surface area contributed by atoms with E-state index in [0.29, 0.717) is 38.1 Å². The van der Waals surface area contributed by atoms with E-state index in [1.807, 2.05) is 0 Å². The van der Waals surface area contributed by atoms with E-state index in [2.05, 4.69) is 38.3 Å². The zero-order chi connectivity index (χ0) is 22.5. The predicted molar refractivity (Wildman–Crippen MR) is 124 cm³/mol. The van der Waals surface area contributed by atoms with Crippen LogP contribution in [-0.2, 0) is 9.47 Å². The number of hydrogen-bond acceptors (Lipinski definition) is 4. The van der Waals surface area contributed by atoms with Gasteiger partial charge in [0.1, 0.15) is 0 Å². The summed E-state index contributed by atoms with van der Waals surface area (Å²) in [6, 6.07) is 0. The molecule has 0 saturated heterocycles. The van der Waals surface area contributed by atoms with E-state index < -0.39 is 0 Å². The Labute approximate surface area is 185 Å². The summed E-state index contributed by atoms with van der Waals surface area (Å²) in [5, 5.41) is 5.65. The Hall–Kier alpha value is -1.46. The molecule has 6 nitrogen and oxygen atoms in total. The third-order valence-electron chi connectivity index (χ3n) is 5.63. The number of carbonyl (C=O) groups excluding carboxylic acids is 2. The number of alkyl carbamates (subject to hydrolysis) is 2. The summed E-state index contributed by atoms with van der Waals surface area (Å²) >= 11 is 0. The van der Waals surface area contributed by atoms with Crippen molar-refractivity contribution < 1.29 is 19.1 Å². The van der Waals surface area contributed by atoms with Gasteiger partial charge in [0.05, 0.1) is 13.2 Å². The number of carbonyl (C=O) groups is 2. The van der Waals surface area contributed by atoms with Crippen molar-refractivity contribution in [3.63, 3.8) is 0 Å². The molecule has 0 aromatic heterocycles. The fourth-order valence-corrected chi connectivity index (χ4v) is 3.27. The average Bonchev–Trinajstić information content (AvgIpc) is 2.75. The van der Waals surface area contributed by atoms with E-state index in [9.17, 15) is 9.59 Å². The first kappa shape index (κ1) is 28.5. The van der Waals surface area contributed by atoms with Gasteiger partial charge in [0, 0.05) is 13.1 Å². The molecule has 0 aromatic rings. The first-order valence-electron chi connectivity index (χ1n) is 12.4. The van der Waals surface area contributed by atoms with Crippen LogP contribution in [0.4, 0.5) is 9.59 Å². The van der Waals surface area contributed by atoms with E-state index in [0.717, 1.165) is 51.4 Å². The Balaban J connectivity index is 3.56. The molecule has 0 saturated carbocycles. The van der Waals surface area contributed by atoms with Gasteiger partial charge in [-0.3, -0.25) is 0 Å². The van der Waals surface area contributed by atoms with Gasteiger partial charge in [0.2, 0.25) is 0 Å². The van der Waals surface area contributed by atoms with E-state index >= 15 is 0 Å². The van der Waals surface area contributed by atoms with Crippen LogP contribution in [0.1, 0.15) is 105 Å². The molecule has 178 valence electrons. The van der Waals surface area contributed by atoms with Gasteiger partial charge in [-0.1, -0.05) is 79.1 Å². The number of nitrogens with one attached hydrogen (secondary N) is 2. The van der Waals surface area contributed by atoms with Crippen LogP contribution in [0.5, 0.6) is 0 Å². The summed E-state index contributed by atoms with van der Waals surface area (Å²) in [6.07, 6.45) is 12.3. The van der Waals surface area contributed by atoms with Crippen LogP contribution in [0.2, 0.25) is 0 Å². The maximum atomic E-state index is 11.7. The highest BCUT2D eigenvalue weighted by Crippen LogP contribution is 2.13. The Morgan fingerprint density at radius 2 is 1.03 bits per heavy atom. The highest BCUT2D eigenvalue weighted by molar-refractivity contribution is 5.67. The maximum absolute atomic E-state index is 11.7. The lowest BCUT2D eigenvalue weighted by Crippen LogP contribution is -2.28. The van der Waals surface area contributed by atoms with Crippen LogP contribution in [0.25, 0.3) is 0 Å². The molecule has 0 spiro atoms. The van der Waals surface area contributed by atoms with Gasteiger partial charge in [0.15, 0.2) is 0 Å². The standard InChI is InChI=1S/C24H48N2O4/c1-5-9-15-21(7-3)19-29-23(27)25-17-13-11-12-14-18-26-24(28)30-20-22(8-4)16-10-6-2/h21-22H,5-20H2,1-4H3,(H,25,27)(H,26,28). The molecule has 0 bridgehead atoms. The minimum atomic E-state index is -0.307. The van der Waals surface area contributed by atoms with E-state index in [1.54, 1.807) is 0 Å². The van der Waals surface area contributed by atoms with Crippen molar-refractivity contribution >= 4 is 12.2 Å². The second kappa shape index (κ2) is 20.8. The van der Waals surface area contributed by atoms with Gasteiger partial charge in [-0.15, -0.1) is 0 Å². The predicted octanol–water partition coefficient (Wildman–Crippen LogP) is 6.43. The second-order valence-electron chi connectivity index (χ2n) is 8.30. The fraction of sp³-hybridized carbons (Fsp3) is 0.917. The fourth-order valence-electron chi connectivity index (χ4n) is 3.27. The Morgan fingerprint density at radius 1 is 0.633 bits per heavy atom. The van der Waals surface area contributed by atoms with Gasteiger partial charge in [-0.05, 0) is 37.5 Å². The summed E-state index contributed by atoms with van der Waals surface area (Å²) in [5.41, 5.74) is 0.